The third kappa shape index (κ3) is 3.27. The van der Waals surface area contributed by atoms with Gasteiger partial charge in [0.15, 0.2) is 5.13 Å². The van der Waals surface area contributed by atoms with E-state index in [2.05, 4.69) is 20.6 Å². The summed E-state index contributed by atoms with van der Waals surface area (Å²) in [6, 6.07) is 15.7. The van der Waals surface area contributed by atoms with E-state index in [0.717, 1.165) is 22.3 Å². The summed E-state index contributed by atoms with van der Waals surface area (Å²) in [6.07, 6.45) is 0. The Bertz CT molecular complexity index is 1040. The number of hydrogen-bond acceptors (Lipinski definition) is 5. The molecule has 4 rings (SSSR count). The van der Waals surface area contributed by atoms with Crippen LogP contribution in [0.1, 0.15) is 5.56 Å². The molecular weight excluding hydrogens is 334 g/mol. The third-order valence-corrected chi connectivity index (χ3v) is 4.57. The maximum atomic E-state index is 12.3. The van der Waals surface area contributed by atoms with E-state index >= 15 is 0 Å². The summed E-state index contributed by atoms with van der Waals surface area (Å²) in [6.45, 7) is 2.14. The number of aromatic nitrogens is 4. The first-order valence-corrected chi connectivity index (χ1v) is 8.68. The van der Waals surface area contributed by atoms with Gasteiger partial charge in [0, 0.05) is 10.9 Å². The van der Waals surface area contributed by atoms with E-state index < -0.39 is 0 Å². The molecule has 4 aromatic rings. The number of para-hydroxylation sites is 1. The van der Waals surface area contributed by atoms with Gasteiger partial charge in [-0.3, -0.25) is 4.79 Å². The smallest absolute Gasteiger partial charge is 0.247 e. The highest BCUT2D eigenvalue weighted by atomic mass is 32.1. The average molecular weight is 349 g/mol. The van der Waals surface area contributed by atoms with Crippen LogP contribution in [0.25, 0.3) is 22.3 Å². The van der Waals surface area contributed by atoms with Crippen molar-refractivity contribution >= 4 is 33.4 Å². The Kier molecular flexibility index (Phi) is 3.99. The van der Waals surface area contributed by atoms with E-state index in [1.165, 1.54) is 16.9 Å². The van der Waals surface area contributed by atoms with Crippen LogP contribution in [-0.2, 0) is 11.3 Å². The third-order valence-electron chi connectivity index (χ3n) is 3.81. The van der Waals surface area contributed by atoms with Gasteiger partial charge in [-0.1, -0.05) is 47.2 Å². The van der Waals surface area contributed by atoms with Gasteiger partial charge in [0.05, 0.1) is 11.2 Å². The summed E-state index contributed by atoms with van der Waals surface area (Å²) >= 11 is 1.40. The van der Waals surface area contributed by atoms with Crippen LogP contribution in [0, 0.1) is 6.92 Å². The molecule has 0 fully saturated rings. The van der Waals surface area contributed by atoms with Crippen LogP contribution in [0.4, 0.5) is 5.13 Å². The first-order valence-electron chi connectivity index (χ1n) is 7.80. The lowest BCUT2D eigenvalue weighted by Gasteiger charge is -2.02. The summed E-state index contributed by atoms with van der Waals surface area (Å²) in [5.74, 6) is -0.180. The van der Waals surface area contributed by atoms with Gasteiger partial charge < -0.3 is 5.32 Å². The van der Waals surface area contributed by atoms with Crippen molar-refractivity contribution in [2.75, 3.05) is 5.32 Å². The molecule has 1 amide bonds. The van der Waals surface area contributed by atoms with Crippen molar-refractivity contribution in [3.05, 3.63) is 59.5 Å². The van der Waals surface area contributed by atoms with Gasteiger partial charge in [-0.15, -0.1) is 16.4 Å². The molecule has 0 bridgehead atoms. The fourth-order valence-electron chi connectivity index (χ4n) is 2.52. The predicted octanol–water partition coefficient (Wildman–Crippen LogP) is 3.50. The molecule has 2 heterocycles. The van der Waals surface area contributed by atoms with E-state index in [1.807, 2.05) is 60.8 Å². The molecule has 0 aliphatic heterocycles. The second-order valence-corrected chi connectivity index (χ2v) is 6.55. The highest BCUT2D eigenvalue weighted by molar-refractivity contribution is 7.14. The topological polar surface area (TPSA) is 72.7 Å². The lowest BCUT2D eigenvalue weighted by atomic mass is 10.1. The number of amides is 1. The van der Waals surface area contributed by atoms with Gasteiger partial charge in [0.1, 0.15) is 12.1 Å². The standard InChI is InChI=1S/C18H15N5OS/c1-12-6-8-13(9-7-12)15-11-25-18(19-15)20-17(24)10-23-16-5-3-2-4-14(16)21-22-23/h2-9,11H,10H2,1H3,(H,19,20,24). The summed E-state index contributed by atoms with van der Waals surface area (Å²) in [5.41, 5.74) is 4.69. The van der Waals surface area contributed by atoms with Crippen LogP contribution in [0.5, 0.6) is 0 Å². The molecule has 0 saturated carbocycles. The Labute approximate surface area is 148 Å². The summed E-state index contributed by atoms with van der Waals surface area (Å²) in [5, 5.41) is 13.4. The SMILES string of the molecule is Cc1ccc(-c2csc(NC(=O)Cn3nnc4ccccc43)n2)cc1. The number of aryl methyl sites for hydroxylation is 1. The molecule has 0 spiro atoms. The van der Waals surface area contributed by atoms with Gasteiger partial charge in [-0.05, 0) is 19.1 Å². The van der Waals surface area contributed by atoms with Crippen molar-refractivity contribution in [3.63, 3.8) is 0 Å². The Morgan fingerprint density at radius 2 is 1.96 bits per heavy atom. The predicted molar refractivity (Wildman–Crippen MR) is 98.4 cm³/mol. The highest BCUT2D eigenvalue weighted by Gasteiger charge is 2.11. The van der Waals surface area contributed by atoms with Crippen LogP contribution in [0.2, 0.25) is 0 Å². The Balaban J connectivity index is 1.47. The monoisotopic (exact) mass is 349 g/mol. The van der Waals surface area contributed by atoms with Crippen molar-refractivity contribution in [1.29, 1.82) is 0 Å². The van der Waals surface area contributed by atoms with Crippen molar-refractivity contribution < 1.29 is 4.79 Å². The molecule has 2 aromatic carbocycles. The number of nitrogens with zero attached hydrogens (tertiary/aromatic N) is 4. The summed E-state index contributed by atoms with van der Waals surface area (Å²) in [7, 11) is 0. The van der Waals surface area contributed by atoms with Gasteiger partial charge in [-0.25, -0.2) is 9.67 Å². The van der Waals surface area contributed by atoms with Gasteiger partial charge >= 0.3 is 0 Å². The maximum Gasteiger partial charge on any atom is 0.247 e. The quantitative estimate of drug-likeness (QED) is 0.612. The van der Waals surface area contributed by atoms with E-state index in [1.54, 1.807) is 4.68 Å². The Morgan fingerprint density at radius 3 is 2.80 bits per heavy atom. The van der Waals surface area contributed by atoms with Gasteiger partial charge in [0.2, 0.25) is 5.91 Å². The molecule has 0 saturated heterocycles. The number of carbonyl (C=O) groups excluding carboxylic acids is 1. The zero-order valence-corrected chi connectivity index (χ0v) is 14.3. The molecule has 7 heteroatoms. The second kappa shape index (κ2) is 6.45. The Hall–Kier alpha value is -3.06. The molecule has 6 nitrogen and oxygen atoms in total. The van der Waals surface area contributed by atoms with Crippen LogP contribution in [0.15, 0.2) is 53.9 Å². The summed E-state index contributed by atoms with van der Waals surface area (Å²) < 4.78 is 1.58. The van der Waals surface area contributed by atoms with Gasteiger partial charge in [0.25, 0.3) is 0 Å². The molecule has 0 aliphatic rings. The number of thiazole rings is 1. The van der Waals surface area contributed by atoms with E-state index in [0.29, 0.717) is 5.13 Å². The number of nitrogens with one attached hydrogen (secondary N) is 1. The number of fused-ring (bicyclic) bond motifs is 1. The van der Waals surface area contributed by atoms with Crippen molar-refractivity contribution in [2.45, 2.75) is 13.5 Å². The van der Waals surface area contributed by atoms with E-state index in [-0.39, 0.29) is 12.5 Å². The minimum Gasteiger partial charge on any atom is -0.300 e. The lowest BCUT2D eigenvalue weighted by molar-refractivity contribution is -0.116. The maximum absolute atomic E-state index is 12.3. The van der Waals surface area contributed by atoms with Crippen LogP contribution < -0.4 is 5.32 Å². The van der Waals surface area contributed by atoms with E-state index in [4.69, 9.17) is 0 Å². The molecule has 0 atom stereocenters. The average Bonchev–Trinajstić information content (AvgIpc) is 3.23. The van der Waals surface area contributed by atoms with Crippen molar-refractivity contribution in [1.82, 2.24) is 20.0 Å². The molecule has 124 valence electrons. The molecule has 1 N–H and O–H groups in total. The second-order valence-electron chi connectivity index (χ2n) is 5.69. The molecule has 0 aliphatic carbocycles. The number of benzene rings is 2. The summed E-state index contributed by atoms with van der Waals surface area (Å²) in [4.78, 5) is 16.8. The number of rotatable bonds is 4. The molecule has 2 aromatic heterocycles. The number of anilines is 1. The van der Waals surface area contributed by atoms with Crippen molar-refractivity contribution in [3.8, 4) is 11.3 Å². The van der Waals surface area contributed by atoms with Crippen molar-refractivity contribution in [2.24, 2.45) is 0 Å². The highest BCUT2D eigenvalue weighted by Crippen LogP contribution is 2.25. The van der Waals surface area contributed by atoms with Gasteiger partial charge in [-0.2, -0.15) is 0 Å². The molecule has 0 unspecified atom stereocenters. The van der Waals surface area contributed by atoms with Crippen LogP contribution in [-0.4, -0.2) is 25.9 Å². The fourth-order valence-corrected chi connectivity index (χ4v) is 3.25. The number of carbonyl (C=O) groups is 1. The fraction of sp³-hybridized carbons (Fsp3) is 0.111. The van der Waals surface area contributed by atoms with Crippen LogP contribution in [0.3, 0.4) is 0 Å². The van der Waals surface area contributed by atoms with E-state index in [9.17, 15) is 4.79 Å². The minimum absolute atomic E-state index is 0.0972. The minimum atomic E-state index is -0.180. The first kappa shape index (κ1) is 15.5. The molecule has 25 heavy (non-hydrogen) atoms. The Morgan fingerprint density at radius 1 is 1.16 bits per heavy atom. The largest absolute Gasteiger partial charge is 0.300 e. The normalized spacial score (nSPS) is 10.9. The number of hydrogen-bond donors (Lipinski definition) is 1. The van der Waals surface area contributed by atoms with Crippen LogP contribution >= 0.6 is 11.3 Å². The zero-order valence-electron chi connectivity index (χ0n) is 13.5. The molecule has 0 radical (unpaired) electrons. The molecular formula is C18H15N5OS. The zero-order chi connectivity index (χ0) is 17.2. The lowest BCUT2D eigenvalue weighted by Crippen LogP contribution is -2.19. The first-order chi connectivity index (χ1) is 12.2.